The number of guanidine groups is 2. The molecule has 0 fully saturated rings. The lowest BCUT2D eigenvalue weighted by Crippen LogP contribution is -2.62. The van der Waals surface area contributed by atoms with Gasteiger partial charge in [0.1, 0.15) is 72.2 Å². The van der Waals surface area contributed by atoms with E-state index in [1.54, 1.807) is 13.8 Å². The fourth-order valence-corrected chi connectivity index (χ4v) is 8.73. The van der Waals surface area contributed by atoms with E-state index >= 15 is 0 Å². The minimum Gasteiger partial charge on any atom is -0.508 e. The van der Waals surface area contributed by atoms with Crippen molar-refractivity contribution in [2.45, 2.75) is 184 Å². The van der Waals surface area contributed by atoms with E-state index in [9.17, 15) is 97.8 Å². The summed E-state index contributed by atoms with van der Waals surface area (Å²) in [5, 5.41) is 82.2. The van der Waals surface area contributed by atoms with Crippen molar-refractivity contribution in [2.24, 2.45) is 56.0 Å². The van der Waals surface area contributed by atoms with Crippen molar-refractivity contribution in [1.29, 1.82) is 0 Å². The number of unbranched alkanes of at least 4 members (excludes halogenated alkanes) is 1. The summed E-state index contributed by atoms with van der Waals surface area (Å²) < 4.78 is 0. The van der Waals surface area contributed by atoms with Crippen molar-refractivity contribution in [1.82, 2.24) is 53.2 Å². The predicted octanol–water partition coefficient (Wildman–Crippen LogP) is -8.92. The number of hydrogen-bond acceptors (Lipinski definition) is 21. The smallest absolute Gasteiger partial charge is 0.326 e. The number of carboxylic acid groups (broad SMARTS) is 3. The van der Waals surface area contributed by atoms with Crippen LogP contribution in [0.25, 0.3) is 0 Å². The number of nitrogens with two attached hydrogens (primary N) is 7. The van der Waals surface area contributed by atoms with E-state index in [1.165, 1.54) is 31.2 Å². The Balaban J connectivity index is 3.69. The van der Waals surface area contributed by atoms with Gasteiger partial charge in [0, 0.05) is 25.9 Å². The van der Waals surface area contributed by atoms with Crippen LogP contribution >= 0.6 is 0 Å². The Kier molecular flexibility index (Phi) is 37.6. The van der Waals surface area contributed by atoms with E-state index in [-0.39, 0.29) is 94.6 Å². The number of aliphatic hydroxyl groups is 2. The number of hydrogen-bond donors (Lipinski definition) is 23. The van der Waals surface area contributed by atoms with Gasteiger partial charge in [0.25, 0.3) is 0 Å². The van der Waals surface area contributed by atoms with Crippen LogP contribution in [-0.4, -0.2) is 224 Å². The Labute approximate surface area is 545 Å². The Morgan fingerprint density at radius 3 is 1.32 bits per heavy atom. The summed E-state index contributed by atoms with van der Waals surface area (Å²) in [6.45, 7) is 4.54. The second kappa shape index (κ2) is 43.0. The quantitative estimate of drug-likeness (QED) is 0.0164. The monoisotopic (exact) mass is 1350 g/mol. The van der Waals surface area contributed by atoms with E-state index in [1.807, 2.05) is 0 Å². The Morgan fingerprint density at radius 2 is 0.884 bits per heavy atom. The molecule has 0 bridgehead atoms. The largest absolute Gasteiger partial charge is 0.508 e. The second-order valence-corrected chi connectivity index (χ2v) is 22.5. The number of carbonyl (C=O) groups is 14. The number of nitrogens with zero attached hydrogens (tertiary/aromatic N) is 2. The van der Waals surface area contributed by atoms with Crippen LogP contribution in [-0.2, 0) is 73.5 Å². The molecule has 0 saturated heterocycles. The summed E-state index contributed by atoms with van der Waals surface area (Å²) in [6, 6.07) is -13.3. The molecule has 95 heavy (non-hydrogen) atoms. The standard InChI is InChI=1S/C56H93N19O20/c1-26(2)21-36(50(90)72-37(23-40(59)79)51(91)74-39(54(94)95)22-29-12-14-30(78)15-13-29)71-47(87)32(9-5-6-18-57)68-46(86)33(10-7-19-64-55(60)61)70-52(92)38(24-42(82)83)73-53(93)43(28(4)77)75-49(89)34(11-8-20-65-56(62)63)69-48(88)35(16-17-41(80)81)67-44(84)27(3)66-45(85)31(58)25-76/h12-15,26-28,31-39,43,76-78H,5-11,16-25,57-58H2,1-4H3,(H2,59,79)(H,66,85)(H,67,84)(H,68,86)(H,69,88)(H,70,92)(H,71,87)(H,72,90)(H,73,93)(H,74,91)(H,75,89)(H,80,81)(H,82,83)(H,94,95)(H4,60,61,64)(H4,62,63,65)/t27-,28+,31-,32-,33-,34-,35-,36-,37-,38-,39-,43-/m0/s1. The van der Waals surface area contributed by atoms with Crippen LogP contribution in [0.1, 0.15) is 110 Å². The normalized spacial score (nSPS) is 14.7. The number of nitrogens with one attached hydrogen (secondary N) is 10. The highest BCUT2D eigenvalue weighted by Crippen LogP contribution is 2.14. The van der Waals surface area contributed by atoms with Crippen LogP contribution < -0.4 is 93.3 Å². The van der Waals surface area contributed by atoms with Gasteiger partial charge in [-0.1, -0.05) is 26.0 Å². The number of aliphatic carboxylic acids is 3. The zero-order chi connectivity index (χ0) is 72.2. The molecule has 0 heterocycles. The number of carbonyl (C=O) groups excluding carboxylic acids is 11. The van der Waals surface area contributed by atoms with E-state index in [2.05, 4.69) is 63.2 Å². The zero-order valence-electron chi connectivity index (χ0n) is 53.2. The molecule has 0 aromatic heterocycles. The van der Waals surface area contributed by atoms with Gasteiger partial charge in [0.05, 0.1) is 25.6 Å². The van der Waals surface area contributed by atoms with Crippen LogP contribution in [0.3, 0.4) is 0 Å². The number of rotatable bonds is 46. The van der Waals surface area contributed by atoms with E-state index in [0.29, 0.717) is 12.0 Å². The lowest BCUT2D eigenvalue weighted by molar-refractivity contribution is -0.142. The SMILES string of the molecule is CC(C)C[C@H](NC(=O)[C@H](CCCCN)NC(=O)[C@H](CCCN=C(N)N)NC(=O)[C@H](CC(=O)O)NC(=O)[C@@H](NC(=O)[C@H](CCCN=C(N)N)NC(=O)[C@H](CCC(=O)O)NC(=O)[C@H](C)NC(=O)[C@@H](N)CO)[C@@H](C)O)C(=O)N[C@@H](CC(N)=O)C(=O)N[C@@H](Cc1ccc(O)cc1)C(=O)O. The lowest BCUT2D eigenvalue weighted by Gasteiger charge is -2.29. The molecule has 39 heteroatoms. The van der Waals surface area contributed by atoms with Gasteiger partial charge in [-0.2, -0.15) is 0 Å². The maximum Gasteiger partial charge on any atom is 0.326 e. The van der Waals surface area contributed by atoms with Crippen LogP contribution in [0.15, 0.2) is 34.3 Å². The first kappa shape index (κ1) is 83.0. The molecule has 0 unspecified atom stereocenters. The first-order valence-electron chi connectivity index (χ1n) is 30.1. The molecular formula is C56H93N19O20. The maximum absolute atomic E-state index is 14.4. The predicted molar refractivity (Wildman–Crippen MR) is 336 cm³/mol. The lowest BCUT2D eigenvalue weighted by atomic mass is 10.0. The molecule has 0 spiro atoms. The van der Waals surface area contributed by atoms with Crippen LogP contribution in [0, 0.1) is 5.92 Å². The van der Waals surface area contributed by atoms with Crippen molar-refractivity contribution >= 4 is 94.8 Å². The fourth-order valence-electron chi connectivity index (χ4n) is 8.73. The molecule has 1 aromatic rings. The van der Waals surface area contributed by atoms with Gasteiger partial charge in [-0.05, 0) is 102 Å². The molecule has 0 aliphatic heterocycles. The van der Waals surface area contributed by atoms with E-state index < -0.39 is 188 Å². The first-order chi connectivity index (χ1) is 44.5. The summed E-state index contributed by atoms with van der Waals surface area (Å²) >= 11 is 0. The second-order valence-electron chi connectivity index (χ2n) is 22.5. The number of carboxylic acids is 3. The van der Waals surface area contributed by atoms with E-state index in [0.717, 1.165) is 6.92 Å². The average molecular weight is 1350 g/mol. The minimum atomic E-state index is -2.12. The van der Waals surface area contributed by atoms with Crippen LogP contribution in [0.4, 0.5) is 0 Å². The van der Waals surface area contributed by atoms with Crippen molar-refractivity contribution in [3.05, 3.63) is 29.8 Å². The summed E-state index contributed by atoms with van der Waals surface area (Å²) in [7, 11) is 0. The number of aliphatic imine (C=N–C) groups is 2. The third-order valence-electron chi connectivity index (χ3n) is 13.7. The molecule has 532 valence electrons. The molecular weight excluding hydrogens is 1260 g/mol. The highest BCUT2D eigenvalue weighted by Gasteiger charge is 2.38. The fraction of sp³-hybridized carbons (Fsp3) is 0.607. The number of aromatic hydroxyl groups is 1. The minimum absolute atomic E-state index is 0.0785. The third kappa shape index (κ3) is 33.4. The average Bonchev–Trinajstić information content (AvgIpc) is 0.919. The number of aliphatic hydroxyl groups excluding tert-OH is 2. The molecule has 11 amide bonds. The summed E-state index contributed by atoms with van der Waals surface area (Å²) in [5.41, 5.74) is 38.9. The van der Waals surface area contributed by atoms with Crippen molar-refractivity contribution < 1.29 is 97.8 Å². The van der Waals surface area contributed by atoms with Gasteiger partial charge in [-0.15, -0.1) is 0 Å². The van der Waals surface area contributed by atoms with Gasteiger partial charge < -0.3 is 124 Å². The highest BCUT2D eigenvalue weighted by atomic mass is 16.4. The van der Waals surface area contributed by atoms with Gasteiger partial charge >= 0.3 is 17.9 Å². The molecule has 30 N–H and O–H groups in total. The molecule has 0 radical (unpaired) electrons. The molecule has 0 aliphatic rings. The van der Waals surface area contributed by atoms with Crippen LogP contribution in [0.2, 0.25) is 0 Å². The Hall–Kier alpha value is -10.0. The number of amides is 11. The number of benzene rings is 1. The molecule has 1 rings (SSSR count). The Bertz CT molecular complexity index is 2850. The summed E-state index contributed by atoms with van der Waals surface area (Å²) in [4.78, 5) is 194. The van der Waals surface area contributed by atoms with Gasteiger partial charge in [0.2, 0.25) is 65.0 Å². The summed E-state index contributed by atoms with van der Waals surface area (Å²) in [5.74, 6) is -18.4. The van der Waals surface area contributed by atoms with Gasteiger partial charge in [-0.25, -0.2) is 4.79 Å². The molecule has 0 aliphatic carbocycles. The molecule has 1 aromatic carbocycles. The third-order valence-corrected chi connectivity index (χ3v) is 13.7. The van der Waals surface area contributed by atoms with Gasteiger partial charge in [-0.3, -0.25) is 72.3 Å². The number of phenolic OH excluding ortho intramolecular Hbond substituents is 1. The van der Waals surface area contributed by atoms with Crippen molar-refractivity contribution in [2.75, 3.05) is 26.2 Å². The number of primary amides is 1. The Morgan fingerprint density at radius 1 is 0.474 bits per heavy atom. The molecule has 12 atom stereocenters. The maximum atomic E-state index is 14.4. The summed E-state index contributed by atoms with van der Waals surface area (Å²) in [6.07, 6.45) is -6.21. The van der Waals surface area contributed by atoms with E-state index in [4.69, 9.17) is 40.1 Å². The number of phenols is 1. The topological polar surface area (TPSA) is 688 Å². The zero-order valence-corrected chi connectivity index (χ0v) is 53.2. The van der Waals surface area contributed by atoms with Crippen molar-refractivity contribution in [3.63, 3.8) is 0 Å². The van der Waals surface area contributed by atoms with Gasteiger partial charge in [0.15, 0.2) is 11.9 Å². The first-order valence-corrected chi connectivity index (χ1v) is 30.1. The van der Waals surface area contributed by atoms with Crippen molar-refractivity contribution in [3.8, 4) is 5.75 Å². The molecule has 0 saturated carbocycles. The highest BCUT2D eigenvalue weighted by molar-refractivity contribution is 6.00. The van der Waals surface area contributed by atoms with Crippen LogP contribution in [0.5, 0.6) is 5.75 Å². The molecule has 39 nitrogen and oxygen atoms in total.